The van der Waals surface area contributed by atoms with E-state index in [-0.39, 0.29) is 12.3 Å². The Kier molecular flexibility index (Phi) is 4.93. The largest absolute Gasteiger partial charge is 0.486 e. The van der Waals surface area contributed by atoms with E-state index in [2.05, 4.69) is 17.8 Å². The summed E-state index contributed by atoms with van der Waals surface area (Å²) in [6.45, 7) is 5.47. The van der Waals surface area contributed by atoms with Crippen LogP contribution in [0.4, 0.5) is 0 Å². The number of thiazole rings is 1. The van der Waals surface area contributed by atoms with Crippen molar-refractivity contribution >= 4 is 27.5 Å². The van der Waals surface area contributed by atoms with Crippen LogP contribution in [0, 0.1) is 26.2 Å². The molecular weight excluding hydrogens is 372 g/mol. The molecule has 0 radical (unpaired) electrons. The molecule has 0 unspecified atom stereocenters. The third-order valence-corrected chi connectivity index (χ3v) is 5.78. The number of benzene rings is 2. The number of nitrogens with zero attached hydrogens (tertiary/aromatic N) is 2. The van der Waals surface area contributed by atoms with E-state index in [9.17, 15) is 4.79 Å². The van der Waals surface area contributed by atoms with Crippen LogP contribution in [0.5, 0.6) is 11.5 Å². The first kappa shape index (κ1) is 18.3. The van der Waals surface area contributed by atoms with Crippen molar-refractivity contribution in [2.24, 2.45) is 4.99 Å². The van der Waals surface area contributed by atoms with Gasteiger partial charge in [0, 0.05) is 12.1 Å². The zero-order valence-corrected chi connectivity index (χ0v) is 16.6. The Morgan fingerprint density at radius 1 is 1.18 bits per heavy atom. The van der Waals surface area contributed by atoms with Gasteiger partial charge in [0.15, 0.2) is 16.3 Å². The van der Waals surface area contributed by atoms with Crippen molar-refractivity contribution in [3.8, 4) is 23.8 Å². The number of rotatable bonds is 3. The van der Waals surface area contributed by atoms with Gasteiger partial charge >= 0.3 is 0 Å². The van der Waals surface area contributed by atoms with E-state index in [1.807, 2.05) is 41.8 Å². The number of fused-ring (bicyclic) bond motifs is 2. The Bertz CT molecular complexity index is 1180. The second-order valence-electron chi connectivity index (χ2n) is 6.74. The summed E-state index contributed by atoms with van der Waals surface area (Å²) in [6, 6.07) is 9.87. The summed E-state index contributed by atoms with van der Waals surface area (Å²) in [5.41, 5.74) is 4.22. The highest BCUT2D eigenvalue weighted by Gasteiger charge is 2.16. The fourth-order valence-electron chi connectivity index (χ4n) is 3.17. The van der Waals surface area contributed by atoms with Crippen molar-refractivity contribution in [3.05, 3.63) is 51.8 Å². The lowest BCUT2D eigenvalue weighted by atomic mass is 10.0. The molecule has 5 nitrogen and oxygen atoms in total. The van der Waals surface area contributed by atoms with Crippen molar-refractivity contribution in [2.45, 2.75) is 26.8 Å². The van der Waals surface area contributed by atoms with Gasteiger partial charge in [0.1, 0.15) is 13.2 Å². The van der Waals surface area contributed by atoms with Crippen LogP contribution in [0.3, 0.4) is 0 Å². The van der Waals surface area contributed by atoms with Gasteiger partial charge in [-0.25, -0.2) is 0 Å². The van der Waals surface area contributed by atoms with E-state index in [0.29, 0.717) is 36.1 Å². The molecule has 3 aromatic rings. The Hall–Kier alpha value is -3.04. The molecule has 28 heavy (non-hydrogen) atoms. The zero-order valence-electron chi connectivity index (χ0n) is 15.8. The third-order valence-electron chi connectivity index (χ3n) is 4.74. The number of ether oxygens (including phenoxy) is 2. The quantitative estimate of drug-likeness (QED) is 0.642. The lowest BCUT2D eigenvalue weighted by Crippen LogP contribution is -2.18. The summed E-state index contributed by atoms with van der Waals surface area (Å²) in [7, 11) is 0. The van der Waals surface area contributed by atoms with Gasteiger partial charge in [0.25, 0.3) is 5.91 Å². The molecule has 1 amide bonds. The summed E-state index contributed by atoms with van der Waals surface area (Å²) in [4.78, 5) is 17.5. The Balaban J connectivity index is 1.73. The summed E-state index contributed by atoms with van der Waals surface area (Å²) >= 11 is 1.43. The smallest absolute Gasteiger partial charge is 0.252 e. The number of aromatic nitrogens is 1. The fourth-order valence-corrected chi connectivity index (χ4v) is 4.23. The van der Waals surface area contributed by atoms with Crippen LogP contribution in [-0.4, -0.2) is 23.7 Å². The molecule has 0 N–H and O–H groups in total. The van der Waals surface area contributed by atoms with Gasteiger partial charge in [-0.15, -0.1) is 6.42 Å². The van der Waals surface area contributed by atoms with Crippen LogP contribution in [0.1, 0.15) is 16.7 Å². The van der Waals surface area contributed by atoms with Crippen molar-refractivity contribution < 1.29 is 14.3 Å². The molecule has 0 atom stereocenters. The molecule has 142 valence electrons. The first-order valence-electron chi connectivity index (χ1n) is 9.05. The van der Waals surface area contributed by atoms with Crippen molar-refractivity contribution in [3.63, 3.8) is 0 Å². The minimum Gasteiger partial charge on any atom is -0.486 e. The molecule has 1 aromatic heterocycles. The Morgan fingerprint density at radius 2 is 1.93 bits per heavy atom. The Labute approximate surface area is 167 Å². The molecule has 1 aliphatic heterocycles. The summed E-state index contributed by atoms with van der Waals surface area (Å²) < 4.78 is 14.2. The molecule has 0 saturated carbocycles. The van der Waals surface area contributed by atoms with E-state index < -0.39 is 0 Å². The second-order valence-corrected chi connectivity index (χ2v) is 7.75. The average Bonchev–Trinajstić information content (AvgIpc) is 2.99. The molecule has 4 rings (SSSR count). The number of carbonyl (C=O) groups is 1. The van der Waals surface area contributed by atoms with E-state index in [1.54, 1.807) is 0 Å². The minimum absolute atomic E-state index is 0.196. The average molecular weight is 392 g/mol. The Morgan fingerprint density at radius 3 is 2.64 bits per heavy atom. The van der Waals surface area contributed by atoms with E-state index >= 15 is 0 Å². The van der Waals surface area contributed by atoms with Crippen LogP contribution in [0.15, 0.2) is 35.3 Å². The predicted molar refractivity (Wildman–Crippen MR) is 110 cm³/mol. The summed E-state index contributed by atoms with van der Waals surface area (Å²) in [5.74, 6) is 3.85. The standard InChI is InChI=1S/C22H20N2O3S/c1-4-7-24-17-12-18-19(27-9-8-26-18)13-20(17)28-22(24)23-21(25)11-16-6-5-14(2)15(3)10-16/h1,5-6,10,12-13H,7-9,11H2,2-3H3. The molecule has 0 bridgehead atoms. The van der Waals surface area contributed by atoms with Gasteiger partial charge < -0.3 is 14.0 Å². The maximum absolute atomic E-state index is 12.6. The van der Waals surface area contributed by atoms with Crippen molar-refractivity contribution in [1.82, 2.24) is 4.57 Å². The monoisotopic (exact) mass is 392 g/mol. The highest BCUT2D eigenvalue weighted by atomic mass is 32.1. The van der Waals surface area contributed by atoms with Crippen molar-refractivity contribution in [1.29, 1.82) is 0 Å². The molecule has 2 aromatic carbocycles. The van der Waals surface area contributed by atoms with Crippen LogP contribution in [-0.2, 0) is 17.8 Å². The van der Waals surface area contributed by atoms with Crippen LogP contribution < -0.4 is 14.3 Å². The SMILES string of the molecule is C#CCn1c(=NC(=O)Cc2ccc(C)c(C)c2)sc2cc3c(cc21)OCCO3. The number of carbonyl (C=O) groups excluding carboxylic acids is 1. The van der Waals surface area contributed by atoms with Crippen molar-refractivity contribution in [2.75, 3.05) is 13.2 Å². The van der Waals surface area contributed by atoms with Gasteiger partial charge in [-0.3, -0.25) is 4.79 Å². The van der Waals surface area contributed by atoms with Gasteiger partial charge in [0.05, 0.1) is 23.2 Å². The number of hydrogen-bond acceptors (Lipinski definition) is 4. The molecule has 0 saturated heterocycles. The predicted octanol–water partition coefficient (Wildman–Crippen LogP) is 3.39. The van der Waals surface area contributed by atoms with E-state index in [0.717, 1.165) is 15.8 Å². The minimum atomic E-state index is -0.196. The molecule has 1 aliphatic rings. The molecule has 0 aliphatic carbocycles. The van der Waals surface area contributed by atoms with E-state index in [1.165, 1.54) is 22.5 Å². The first-order chi connectivity index (χ1) is 13.5. The molecule has 2 heterocycles. The second kappa shape index (κ2) is 7.53. The summed E-state index contributed by atoms with van der Waals surface area (Å²) in [6.07, 6.45) is 5.81. The first-order valence-corrected chi connectivity index (χ1v) is 9.87. The molecular formula is C22H20N2O3S. The molecule has 0 spiro atoms. The molecule has 0 fully saturated rings. The highest BCUT2D eigenvalue weighted by molar-refractivity contribution is 7.16. The van der Waals surface area contributed by atoms with Gasteiger partial charge in [-0.2, -0.15) is 4.99 Å². The van der Waals surface area contributed by atoms with Crippen LogP contribution in [0.25, 0.3) is 10.2 Å². The van der Waals surface area contributed by atoms with E-state index in [4.69, 9.17) is 15.9 Å². The van der Waals surface area contributed by atoms with Gasteiger partial charge in [-0.1, -0.05) is 35.5 Å². The number of terminal acetylenes is 1. The lowest BCUT2D eigenvalue weighted by molar-refractivity contribution is -0.117. The highest BCUT2D eigenvalue weighted by Crippen LogP contribution is 2.35. The maximum atomic E-state index is 12.6. The number of hydrogen-bond donors (Lipinski definition) is 0. The summed E-state index contributed by atoms with van der Waals surface area (Å²) in [5, 5.41) is 0. The van der Waals surface area contributed by atoms with Crippen LogP contribution >= 0.6 is 11.3 Å². The van der Waals surface area contributed by atoms with Crippen LogP contribution in [0.2, 0.25) is 0 Å². The normalized spacial score (nSPS) is 13.5. The zero-order chi connectivity index (χ0) is 19.7. The maximum Gasteiger partial charge on any atom is 0.252 e. The van der Waals surface area contributed by atoms with Gasteiger partial charge in [-0.05, 0) is 30.5 Å². The molecule has 6 heteroatoms. The third kappa shape index (κ3) is 3.54. The van der Waals surface area contributed by atoms with Gasteiger partial charge in [0.2, 0.25) is 0 Å². The number of aryl methyl sites for hydroxylation is 2. The lowest BCUT2D eigenvalue weighted by Gasteiger charge is -2.18. The number of amides is 1. The topological polar surface area (TPSA) is 52.8 Å². The fraction of sp³-hybridized carbons (Fsp3) is 0.273.